The molecule has 0 saturated carbocycles. The van der Waals surface area contributed by atoms with Gasteiger partial charge in [-0.05, 0) is 47.3 Å². The topological polar surface area (TPSA) is 125 Å². The normalized spacial score (nSPS) is 15.9. The Hall–Kier alpha value is -3.80. The van der Waals surface area contributed by atoms with Gasteiger partial charge in [0.25, 0.3) is 5.91 Å². The minimum Gasteiger partial charge on any atom is -0.379 e. The van der Waals surface area contributed by atoms with Gasteiger partial charge in [0.1, 0.15) is 5.82 Å². The lowest BCUT2D eigenvalue weighted by atomic mass is 10.0. The first kappa shape index (κ1) is 23.9. The van der Waals surface area contributed by atoms with Gasteiger partial charge in [0.05, 0.1) is 30.6 Å². The van der Waals surface area contributed by atoms with Crippen LogP contribution in [0, 0.1) is 0 Å². The molecule has 1 atom stereocenters. The summed E-state index contributed by atoms with van der Waals surface area (Å²) in [5, 5.41) is 10.7. The molecular formula is C25H27N7O3S. The minimum absolute atomic E-state index is 0.279. The lowest BCUT2D eigenvalue weighted by molar-refractivity contribution is 0.0341. The van der Waals surface area contributed by atoms with E-state index in [4.69, 9.17) is 4.74 Å². The van der Waals surface area contributed by atoms with E-state index in [1.807, 2.05) is 30.6 Å². The highest BCUT2D eigenvalue weighted by atomic mass is 32.2. The number of ether oxygens (including phenoxy) is 1. The van der Waals surface area contributed by atoms with Crippen LogP contribution in [0.15, 0.2) is 55.0 Å². The van der Waals surface area contributed by atoms with E-state index >= 15 is 0 Å². The summed E-state index contributed by atoms with van der Waals surface area (Å²) < 4.78 is 19.9. The lowest BCUT2D eigenvalue weighted by Crippen LogP contribution is -2.35. The van der Waals surface area contributed by atoms with E-state index in [2.05, 4.69) is 47.0 Å². The summed E-state index contributed by atoms with van der Waals surface area (Å²) in [5.41, 5.74) is 4.57. The van der Waals surface area contributed by atoms with E-state index in [1.165, 1.54) is 12.5 Å². The zero-order valence-electron chi connectivity index (χ0n) is 19.9. The van der Waals surface area contributed by atoms with E-state index in [-0.39, 0.29) is 11.6 Å². The Bertz CT molecular complexity index is 1490. The lowest BCUT2D eigenvalue weighted by Gasteiger charge is -2.26. The summed E-state index contributed by atoms with van der Waals surface area (Å²) in [6.07, 6.45) is 6.68. The van der Waals surface area contributed by atoms with Crippen LogP contribution in [0.2, 0.25) is 0 Å². The fraction of sp³-hybridized carbons (Fsp3) is 0.240. The maximum absolute atomic E-state index is 13.0. The van der Waals surface area contributed by atoms with Crippen molar-refractivity contribution in [1.82, 2.24) is 25.1 Å². The van der Waals surface area contributed by atoms with E-state index in [0.29, 0.717) is 16.9 Å². The highest BCUT2D eigenvalue weighted by Crippen LogP contribution is 2.26. The Morgan fingerprint density at radius 3 is 2.72 bits per heavy atom. The molecule has 3 N–H and O–H groups in total. The molecule has 186 valence electrons. The average Bonchev–Trinajstić information content (AvgIpc) is 3.29. The number of morpholine rings is 1. The van der Waals surface area contributed by atoms with Crippen molar-refractivity contribution in [1.29, 1.82) is 0 Å². The number of hydrogen-bond acceptors (Lipinski definition) is 7. The Labute approximate surface area is 209 Å². The minimum atomic E-state index is -2.44. The first-order valence-corrected chi connectivity index (χ1v) is 13.6. The number of H-pyrrole nitrogens is 1. The van der Waals surface area contributed by atoms with Gasteiger partial charge >= 0.3 is 0 Å². The molecule has 10 nitrogen and oxygen atoms in total. The summed E-state index contributed by atoms with van der Waals surface area (Å²) in [5.74, 6) is 3.59. The Kier molecular flexibility index (Phi) is 6.68. The van der Waals surface area contributed by atoms with Crippen LogP contribution in [0.4, 0.5) is 11.5 Å². The number of rotatable bonds is 7. The van der Waals surface area contributed by atoms with Crippen LogP contribution in [0.1, 0.15) is 16.1 Å². The van der Waals surface area contributed by atoms with Gasteiger partial charge in [-0.1, -0.05) is 6.07 Å². The second-order valence-electron chi connectivity index (χ2n) is 8.80. The highest BCUT2D eigenvalue weighted by Gasteiger charge is 2.16. The molecule has 1 aromatic carbocycles. The standard InChI is InChI=1S/C25H27N7O3S/c1-36(2,34)31-23-6-4-20(15-27-23)28-25(33)24-21-12-18(3-5-22(21)29-30-24)19-11-17(13-26-14-19)16-32-7-9-35-10-8-32/h3-6,11-15H,1,7-10,16H2,2H3,(H,28,33)(H,29,30)(H,27,31,34). The van der Waals surface area contributed by atoms with Crippen LogP contribution in [0.5, 0.6) is 0 Å². The van der Waals surface area contributed by atoms with Crippen molar-refractivity contribution in [2.45, 2.75) is 6.54 Å². The third kappa shape index (κ3) is 5.70. The van der Waals surface area contributed by atoms with E-state index in [9.17, 15) is 9.00 Å². The molecule has 5 rings (SSSR count). The van der Waals surface area contributed by atoms with E-state index in [0.717, 1.165) is 55.1 Å². The Balaban J connectivity index is 1.35. The molecule has 1 aliphatic heterocycles. The fourth-order valence-electron chi connectivity index (χ4n) is 4.06. The van der Waals surface area contributed by atoms with Crippen molar-refractivity contribution in [3.05, 3.63) is 66.2 Å². The molecule has 0 aliphatic carbocycles. The molecule has 0 radical (unpaired) electrons. The van der Waals surface area contributed by atoms with Crippen LogP contribution in [0.3, 0.4) is 0 Å². The molecule has 36 heavy (non-hydrogen) atoms. The van der Waals surface area contributed by atoms with Gasteiger partial charge in [0.2, 0.25) is 0 Å². The molecule has 1 saturated heterocycles. The number of carbonyl (C=O) groups excluding carboxylic acids is 1. The van der Waals surface area contributed by atoms with Crippen LogP contribution in [-0.4, -0.2) is 73.6 Å². The van der Waals surface area contributed by atoms with Gasteiger partial charge in [0, 0.05) is 58.9 Å². The molecule has 1 unspecified atom stereocenters. The number of benzene rings is 1. The number of aromatic nitrogens is 4. The van der Waals surface area contributed by atoms with Crippen molar-refractivity contribution >= 4 is 43.9 Å². The maximum atomic E-state index is 13.0. The number of amides is 1. The summed E-state index contributed by atoms with van der Waals surface area (Å²) in [4.78, 5) is 24.0. The SMILES string of the molecule is C=S(C)(=O)Nc1ccc(NC(=O)c2n[nH]c3ccc(-c4cncc(CN5CCOCC5)c4)cc23)cn1. The monoisotopic (exact) mass is 505 g/mol. The van der Waals surface area contributed by atoms with Crippen LogP contribution >= 0.6 is 0 Å². The largest absolute Gasteiger partial charge is 0.379 e. The Morgan fingerprint density at radius 1 is 1.14 bits per heavy atom. The van der Waals surface area contributed by atoms with Gasteiger partial charge < -0.3 is 10.1 Å². The van der Waals surface area contributed by atoms with Crippen LogP contribution < -0.4 is 10.0 Å². The van der Waals surface area contributed by atoms with Crippen molar-refractivity contribution in [3.63, 3.8) is 0 Å². The zero-order chi connectivity index (χ0) is 25.1. The quantitative estimate of drug-likeness (QED) is 0.330. The second-order valence-corrected chi connectivity index (χ2v) is 11.0. The smallest absolute Gasteiger partial charge is 0.276 e. The van der Waals surface area contributed by atoms with Crippen molar-refractivity contribution < 1.29 is 13.7 Å². The molecule has 1 fully saturated rings. The molecular weight excluding hydrogens is 478 g/mol. The second kappa shape index (κ2) is 10.1. The number of nitrogens with zero attached hydrogens (tertiary/aromatic N) is 4. The molecule has 1 aliphatic rings. The molecule has 4 heterocycles. The van der Waals surface area contributed by atoms with Crippen molar-refractivity contribution in [2.75, 3.05) is 42.6 Å². The van der Waals surface area contributed by atoms with E-state index < -0.39 is 9.71 Å². The van der Waals surface area contributed by atoms with Gasteiger partial charge in [-0.15, -0.1) is 0 Å². The summed E-state index contributed by atoms with van der Waals surface area (Å²) in [7, 11) is -2.44. The van der Waals surface area contributed by atoms with Gasteiger partial charge in [-0.3, -0.25) is 24.5 Å². The number of anilines is 2. The van der Waals surface area contributed by atoms with Crippen LogP contribution in [-0.2, 0) is 21.0 Å². The average molecular weight is 506 g/mol. The van der Waals surface area contributed by atoms with Gasteiger partial charge in [-0.2, -0.15) is 5.10 Å². The predicted molar refractivity (Wildman–Crippen MR) is 142 cm³/mol. The van der Waals surface area contributed by atoms with Crippen molar-refractivity contribution in [3.8, 4) is 11.1 Å². The number of pyridine rings is 2. The zero-order valence-corrected chi connectivity index (χ0v) is 20.7. The molecule has 0 bridgehead atoms. The van der Waals surface area contributed by atoms with Crippen LogP contribution in [0.25, 0.3) is 22.0 Å². The number of aromatic amines is 1. The first-order chi connectivity index (χ1) is 17.3. The maximum Gasteiger partial charge on any atom is 0.276 e. The number of nitrogens with one attached hydrogen (secondary N) is 3. The number of fused-ring (bicyclic) bond motifs is 1. The highest BCUT2D eigenvalue weighted by molar-refractivity contribution is 8.00. The first-order valence-electron chi connectivity index (χ1n) is 11.4. The predicted octanol–water partition coefficient (Wildman–Crippen LogP) is 2.78. The van der Waals surface area contributed by atoms with Gasteiger partial charge in [-0.25, -0.2) is 9.19 Å². The molecule has 0 spiro atoms. The summed E-state index contributed by atoms with van der Waals surface area (Å²) in [6, 6.07) is 11.3. The third-order valence-electron chi connectivity index (χ3n) is 5.76. The van der Waals surface area contributed by atoms with E-state index in [1.54, 1.807) is 12.1 Å². The molecule has 3 aromatic heterocycles. The molecule has 11 heteroatoms. The number of carbonyl (C=O) groups is 1. The molecule has 1 amide bonds. The number of hydrogen-bond donors (Lipinski definition) is 3. The molecule has 4 aromatic rings. The Morgan fingerprint density at radius 2 is 1.97 bits per heavy atom. The third-order valence-corrected chi connectivity index (χ3v) is 6.40. The fourth-order valence-corrected chi connectivity index (χ4v) is 4.62. The van der Waals surface area contributed by atoms with Crippen molar-refractivity contribution in [2.24, 2.45) is 0 Å². The summed E-state index contributed by atoms with van der Waals surface area (Å²) in [6.45, 7) is 4.14. The van der Waals surface area contributed by atoms with Gasteiger partial charge in [0.15, 0.2) is 5.69 Å². The summed E-state index contributed by atoms with van der Waals surface area (Å²) >= 11 is 0.